The molecule has 5 heteroatoms. The lowest BCUT2D eigenvalue weighted by Gasteiger charge is -2.13. The number of quaternary nitrogens is 1. The number of carboxylic acids is 1. The van der Waals surface area contributed by atoms with Crippen LogP contribution < -0.4 is 10.0 Å². The molecule has 21 heavy (non-hydrogen) atoms. The first kappa shape index (κ1) is 15.7. The summed E-state index contributed by atoms with van der Waals surface area (Å²) >= 11 is 1.32. The van der Waals surface area contributed by atoms with Crippen LogP contribution in [0.3, 0.4) is 0 Å². The van der Waals surface area contributed by atoms with E-state index < -0.39 is 5.97 Å². The van der Waals surface area contributed by atoms with E-state index in [-0.39, 0.29) is 5.69 Å². The normalized spacial score (nSPS) is 12.3. The summed E-state index contributed by atoms with van der Waals surface area (Å²) in [6.07, 6.45) is 2.47. The Labute approximate surface area is 129 Å². The Kier molecular flexibility index (Phi) is 5.47. The zero-order valence-corrected chi connectivity index (χ0v) is 13.2. The van der Waals surface area contributed by atoms with Crippen molar-refractivity contribution in [2.45, 2.75) is 26.3 Å². The Bertz CT molecular complexity index is 593. The number of hydrogen-bond acceptors (Lipinski definition) is 4. The molecule has 2 rings (SSSR count). The predicted octanol–water partition coefficient (Wildman–Crippen LogP) is 0.988. The lowest BCUT2D eigenvalue weighted by molar-refractivity contribution is -0.894. The molecule has 1 heterocycles. The molecule has 0 amide bonds. The Morgan fingerprint density at radius 1 is 1.33 bits per heavy atom. The molecular formula is C16H20N2O2S. The fraction of sp³-hybridized carbons (Fsp3) is 0.375. The number of thiazole rings is 1. The summed E-state index contributed by atoms with van der Waals surface area (Å²) in [5, 5.41) is 13.0. The van der Waals surface area contributed by atoms with Crippen LogP contribution in [0.5, 0.6) is 0 Å². The van der Waals surface area contributed by atoms with E-state index in [2.05, 4.69) is 31.1 Å². The van der Waals surface area contributed by atoms with Gasteiger partial charge in [-0.25, -0.2) is 4.98 Å². The molecule has 0 aliphatic carbocycles. The van der Waals surface area contributed by atoms with E-state index in [0.717, 1.165) is 12.1 Å². The van der Waals surface area contributed by atoms with E-state index >= 15 is 0 Å². The summed E-state index contributed by atoms with van der Waals surface area (Å²) in [7, 11) is 2.20. The number of carbonyl (C=O) groups excluding carboxylic acids is 1. The van der Waals surface area contributed by atoms with Gasteiger partial charge in [-0.15, -0.1) is 11.3 Å². The van der Waals surface area contributed by atoms with Crippen molar-refractivity contribution in [2.24, 2.45) is 0 Å². The van der Waals surface area contributed by atoms with E-state index in [0.29, 0.717) is 5.01 Å². The van der Waals surface area contributed by atoms with Crippen LogP contribution in [-0.2, 0) is 6.54 Å². The second-order valence-electron chi connectivity index (χ2n) is 5.26. The molecule has 0 aliphatic rings. The number of hydrogen-bond donors (Lipinski definition) is 1. The molecule has 1 unspecified atom stereocenters. The number of rotatable bonds is 7. The molecule has 0 bridgehead atoms. The second kappa shape index (κ2) is 7.33. The van der Waals surface area contributed by atoms with Crippen molar-refractivity contribution in [2.75, 3.05) is 13.6 Å². The van der Waals surface area contributed by atoms with Crippen LogP contribution >= 0.6 is 11.3 Å². The van der Waals surface area contributed by atoms with E-state index in [9.17, 15) is 9.90 Å². The van der Waals surface area contributed by atoms with Gasteiger partial charge in [0.2, 0.25) is 0 Å². The first-order valence-electron chi connectivity index (χ1n) is 7.17. The fourth-order valence-corrected chi connectivity index (χ4v) is 2.98. The van der Waals surface area contributed by atoms with E-state index in [1.807, 2.05) is 12.1 Å². The van der Waals surface area contributed by atoms with Crippen LogP contribution in [0.4, 0.5) is 0 Å². The summed E-state index contributed by atoms with van der Waals surface area (Å²) < 4.78 is 0. The van der Waals surface area contributed by atoms with Gasteiger partial charge in [0, 0.05) is 16.5 Å². The van der Waals surface area contributed by atoms with Crippen LogP contribution in [0.2, 0.25) is 0 Å². The Hall–Kier alpha value is -1.72. The minimum Gasteiger partial charge on any atom is -0.543 e. The van der Waals surface area contributed by atoms with Gasteiger partial charge in [-0.3, -0.25) is 0 Å². The molecule has 0 saturated carbocycles. The lowest BCUT2D eigenvalue weighted by Crippen LogP contribution is -3.07. The van der Waals surface area contributed by atoms with Crippen LogP contribution in [0.25, 0.3) is 10.6 Å². The Morgan fingerprint density at radius 2 is 2.05 bits per heavy atom. The van der Waals surface area contributed by atoms with Crippen molar-refractivity contribution in [3.8, 4) is 10.6 Å². The molecule has 0 fully saturated rings. The molecule has 1 N–H and O–H groups in total. The summed E-state index contributed by atoms with van der Waals surface area (Å²) in [6, 6.07) is 8.18. The van der Waals surface area contributed by atoms with Crippen molar-refractivity contribution >= 4 is 17.3 Å². The van der Waals surface area contributed by atoms with Crippen LogP contribution in [0.1, 0.15) is 35.8 Å². The highest BCUT2D eigenvalue weighted by Gasteiger charge is 2.07. The Balaban J connectivity index is 2.02. The lowest BCUT2D eigenvalue weighted by atomic mass is 10.1. The average Bonchev–Trinajstić information content (AvgIpc) is 2.96. The van der Waals surface area contributed by atoms with Gasteiger partial charge >= 0.3 is 0 Å². The molecule has 0 aliphatic heterocycles. The van der Waals surface area contributed by atoms with Crippen molar-refractivity contribution in [1.29, 1.82) is 0 Å². The quantitative estimate of drug-likeness (QED) is 0.830. The van der Waals surface area contributed by atoms with Gasteiger partial charge in [-0.05, 0) is 6.42 Å². The predicted molar refractivity (Wildman–Crippen MR) is 82.2 cm³/mol. The van der Waals surface area contributed by atoms with Crippen LogP contribution in [-0.4, -0.2) is 24.5 Å². The van der Waals surface area contributed by atoms with Gasteiger partial charge in [-0.1, -0.05) is 37.6 Å². The monoisotopic (exact) mass is 304 g/mol. The van der Waals surface area contributed by atoms with Crippen molar-refractivity contribution in [1.82, 2.24) is 4.98 Å². The summed E-state index contributed by atoms with van der Waals surface area (Å²) in [5.41, 5.74) is 2.23. The maximum absolute atomic E-state index is 10.7. The molecular weight excluding hydrogens is 284 g/mol. The van der Waals surface area contributed by atoms with Crippen molar-refractivity contribution in [3.63, 3.8) is 0 Å². The number of unbranched alkanes of at least 4 members (excludes halogenated alkanes) is 1. The van der Waals surface area contributed by atoms with Gasteiger partial charge < -0.3 is 14.8 Å². The zero-order chi connectivity index (χ0) is 15.2. The minimum atomic E-state index is -1.23. The molecule has 4 nitrogen and oxygen atoms in total. The second-order valence-corrected chi connectivity index (χ2v) is 6.12. The highest BCUT2D eigenvalue weighted by molar-refractivity contribution is 7.13. The van der Waals surface area contributed by atoms with Crippen molar-refractivity contribution in [3.05, 3.63) is 40.9 Å². The summed E-state index contributed by atoms with van der Waals surface area (Å²) in [6.45, 7) is 4.39. The molecule has 0 radical (unpaired) electrons. The average molecular weight is 304 g/mol. The van der Waals surface area contributed by atoms with Gasteiger partial charge in [0.1, 0.15) is 11.6 Å². The smallest absolute Gasteiger partial charge is 0.124 e. The first-order chi connectivity index (χ1) is 10.1. The molecule has 112 valence electrons. The highest BCUT2D eigenvalue weighted by Crippen LogP contribution is 2.23. The third kappa shape index (κ3) is 4.37. The van der Waals surface area contributed by atoms with Crippen molar-refractivity contribution < 1.29 is 14.8 Å². The topological polar surface area (TPSA) is 57.5 Å². The standard InChI is InChI=1S/C16H20N2O2S/c1-3-4-9-18(2)10-12-5-7-13(8-6-12)15-17-14(11-21-15)16(19)20/h5-8,11H,3-4,9-10H2,1-2H3,(H,19,20). The van der Waals surface area contributed by atoms with E-state index in [1.165, 1.54) is 46.6 Å². The van der Waals surface area contributed by atoms with Gasteiger partial charge in [0.25, 0.3) is 0 Å². The largest absolute Gasteiger partial charge is 0.543 e. The van der Waals surface area contributed by atoms with Crippen LogP contribution in [0.15, 0.2) is 29.6 Å². The molecule has 1 aromatic carbocycles. The number of carboxylic acid groups (broad SMARTS) is 1. The number of benzene rings is 1. The van der Waals surface area contributed by atoms with Gasteiger partial charge in [0.15, 0.2) is 0 Å². The first-order valence-corrected chi connectivity index (χ1v) is 8.05. The maximum Gasteiger partial charge on any atom is 0.124 e. The van der Waals surface area contributed by atoms with E-state index in [4.69, 9.17) is 0 Å². The molecule has 0 saturated heterocycles. The third-order valence-electron chi connectivity index (χ3n) is 3.38. The molecule has 1 aromatic heterocycles. The molecule has 1 atom stereocenters. The van der Waals surface area contributed by atoms with E-state index in [1.54, 1.807) is 0 Å². The Morgan fingerprint density at radius 3 is 2.62 bits per heavy atom. The highest BCUT2D eigenvalue weighted by atomic mass is 32.1. The minimum absolute atomic E-state index is 0.00261. The van der Waals surface area contributed by atoms with Gasteiger partial charge in [0.05, 0.1) is 25.3 Å². The number of carbonyl (C=O) groups is 1. The summed E-state index contributed by atoms with van der Waals surface area (Å²) in [4.78, 5) is 16.3. The summed E-state index contributed by atoms with van der Waals surface area (Å²) in [5.74, 6) is -1.23. The number of aromatic nitrogens is 1. The fourth-order valence-electron chi connectivity index (χ4n) is 2.18. The zero-order valence-electron chi connectivity index (χ0n) is 12.4. The maximum atomic E-state index is 10.7. The SMILES string of the molecule is CCCC[NH+](C)Cc1ccc(-c2nc(C(=O)[O-])cs2)cc1. The number of nitrogens with one attached hydrogen (secondary N) is 1. The van der Waals surface area contributed by atoms with Crippen LogP contribution in [0, 0.1) is 0 Å². The van der Waals surface area contributed by atoms with Gasteiger partial charge in [-0.2, -0.15) is 0 Å². The molecule has 0 spiro atoms. The molecule has 2 aromatic rings. The third-order valence-corrected chi connectivity index (χ3v) is 4.27. The number of aromatic carboxylic acids is 1. The number of nitrogens with zero attached hydrogens (tertiary/aromatic N) is 1.